The van der Waals surface area contributed by atoms with Crippen molar-refractivity contribution in [1.29, 1.82) is 0 Å². The summed E-state index contributed by atoms with van der Waals surface area (Å²) in [6.45, 7) is 8.28. The molecule has 182 valence electrons. The maximum Gasteiger partial charge on any atom is 0.268 e. The molecule has 0 bridgehead atoms. The van der Waals surface area contributed by atoms with Crippen LogP contribution in [0.2, 0.25) is 0 Å². The third-order valence-corrected chi connectivity index (χ3v) is 6.42. The number of nitrogens with one attached hydrogen (secondary N) is 1. The van der Waals surface area contributed by atoms with E-state index in [9.17, 15) is 9.59 Å². The van der Waals surface area contributed by atoms with Gasteiger partial charge in [0, 0.05) is 55.7 Å². The molecule has 1 aliphatic rings. The fourth-order valence-corrected chi connectivity index (χ4v) is 4.59. The van der Waals surface area contributed by atoms with Crippen molar-refractivity contribution >= 4 is 28.8 Å². The molecule has 0 saturated carbocycles. The molecule has 4 aromatic rings. The van der Waals surface area contributed by atoms with Gasteiger partial charge in [0.25, 0.3) is 11.8 Å². The van der Waals surface area contributed by atoms with Crippen LogP contribution in [0.1, 0.15) is 20.8 Å². The van der Waals surface area contributed by atoms with E-state index in [-0.39, 0.29) is 5.91 Å². The fourth-order valence-electron chi connectivity index (χ4n) is 4.59. The summed E-state index contributed by atoms with van der Waals surface area (Å²) in [6, 6.07) is 20.2. The number of anilines is 2. The van der Waals surface area contributed by atoms with E-state index >= 15 is 0 Å². The van der Waals surface area contributed by atoms with Crippen LogP contribution in [0.3, 0.4) is 0 Å². The van der Waals surface area contributed by atoms with Crippen molar-refractivity contribution in [3.05, 3.63) is 96.8 Å². The second kappa shape index (κ2) is 10.1. The minimum atomic E-state index is -0.549. The molecule has 0 aliphatic carbocycles. The molecule has 2 aromatic heterocycles. The normalized spacial score (nSPS) is 14.1. The zero-order valence-electron chi connectivity index (χ0n) is 19.9. The van der Waals surface area contributed by atoms with Crippen molar-refractivity contribution in [2.75, 3.05) is 42.9 Å². The van der Waals surface area contributed by atoms with Crippen LogP contribution in [-0.4, -0.2) is 58.8 Å². The number of pyridine rings is 1. The van der Waals surface area contributed by atoms with Crippen LogP contribution < -0.4 is 16.0 Å². The molecule has 0 radical (unpaired) electrons. The third kappa shape index (κ3) is 4.58. The number of carbonyl (C=O) groups is 2. The first-order chi connectivity index (χ1) is 17.5. The monoisotopic (exact) mass is 480 g/mol. The molecule has 1 fully saturated rings. The summed E-state index contributed by atoms with van der Waals surface area (Å²) in [5.41, 5.74) is 10.3. The molecular weight excluding hydrogens is 452 g/mol. The highest BCUT2D eigenvalue weighted by molar-refractivity contribution is 6.04. The van der Waals surface area contributed by atoms with E-state index < -0.39 is 5.91 Å². The lowest BCUT2D eigenvalue weighted by Gasteiger charge is -2.35. The maximum absolute atomic E-state index is 12.5. The summed E-state index contributed by atoms with van der Waals surface area (Å²) < 4.78 is 1.77. The first-order valence-corrected chi connectivity index (χ1v) is 11.9. The number of hydrogen-bond donors (Lipinski definition) is 2. The van der Waals surface area contributed by atoms with Crippen LogP contribution in [0, 0.1) is 0 Å². The number of fused-ring (bicyclic) bond motifs is 1. The van der Waals surface area contributed by atoms with Gasteiger partial charge in [0.2, 0.25) is 0 Å². The summed E-state index contributed by atoms with van der Waals surface area (Å²) in [4.78, 5) is 34.5. The zero-order valence-corrected chi connectivity index (χ0v) is 19.9. The Kier molecular flexibility index (Phi) is 6.51. The SMILES string of the molecule is C=CCN1CCN(c2cccn3c(C(N)=O)c(-c4ccc(NC(=O)c5ccccc5)cc4)nc23)CC1. The highest BCUT2D eigenvalue weighted by Gasteiger charge is 2.24. The Balaban J connectivity index is 1.45. The van der Waals surface area contributed by atoms with E-state index in [0.717, 1.165) is 44.0 Å². The van der Waals surface area contributed by atoms with Crippen molar-refractivity contribution in [1.82, 2.24) is 14.3 Å². The number of piperazine rings is 1. The number of rotatable bonds is 7. The fraction of sp³-hybridized carbons (Fsp3) is 0.179. The number of amides is 2. The number of benzene rings is 2. The molecule has 1 saturated heterocycles. The number of aromatic nitrogens is 2. The van der Waals surface area contributed by atoms with Crippen molar-refractivity contribution in [2.45, 2.75) is 0 Å². The van der Waals surface area contributed by atoms with Gasteiger partial charge in [-0.15, -0.1) is 6.58 Å². The minimum Gasteiger partial charge on any atom is -0.366 e. The van der Waals surface area contributed by atoms with Crippen LogP contribution in [0.25, 0.3) is 16.9 Å². The van der Waals surface area contributed by atoms with Crippen LogP contribution >= 0.6 is 0 Å². The third-order valence-electron chi connectivity index (χ3n) is 6.42. The number of imidazole rings is 1. The van der Waals surface area contributed by atoms with Gasteiger partial charge < -0.3 is 16.0 Å². The van der Waals surface area contributed by atoms with Crippen LogP contribution in [0.5, 0.6) is 0 Å². The molecule has 8 nitrogen and oxygen atoms in total. The Bertz CT molecular complexity index is 1400. The number of carbonyl (C=O) groups excluding carboxylic acids is 2. The van der Waals surface area contributed by atoms with Gasteiger partial charge in [-0.1, -0.05) is 36.4 Å². The Morgan fingerprint density at radius 1 is 0.972 bits per heavy atom. The van der Waals surface area contributed by atoms with E-state index in [4.69, 9.17) is 10.7 Å². The van der Waals surface area contributed by atoms with Gasteiger partial charge in [-0.3, -0.25) is 18.9 Å². The van der Waals surface area contributed by atoms with Gasteiger partial charge in [-0.2, -0.15) is 0 Å². The van der Waals surface area contributed by atoms with E-state index in [1.54, 1.807) is 28.7 Å². The quantitative estimate of drug-likeness (QED) is 0.394. The predicted octanol–water partition coefficient (Wildman–Crippen LogP) is 3.66. The van der Waals surface area contributed by atoms with Gasteiger partial charge in [0.1, 0.15) is 11.4 Å². The van der Waals surface area contributed by atoms with E-state index in [2.05, 4.69) is 21.7 Å². The van der Waals surface area contributed by atoms with Crippen molar-refractivity contribution in [3.8, 4) is 11.3 Å². The molecule has 36 heavy (non-hydrogen) atoms. The molecule has 5 rings (SSSR count). The van der Waals surface area contributed by atoms with Crippen molar-refractivity contribution < 1.29 is 9.59 Å². The van der Waals surface area contributed by atoms with E-state index in [1.165, 1.54) is 0 Å². The Morgan fingerprint density at radius 2 is 1.69 bits per heavy atom. The lowest BCUT2D eigenvalue weighted by Crippen LogP contribution is -2.46. The molecule has 2 amide bonds. The summed E-state index contributed by atoms with van der Waals surface area (Å²) in [5, 5.41) is 2.89. The number of primary amides is 1. The highest BCUT2D eigenvalue weighted by Crippen LogP contribution is 2.30. The zero-order chi connectivity index (χ0) is 25.1. The van der Waals surface area contributed by atoms with Crippen LogP contribution in [0.4, 0.5) is 11.4 Å². The molecule has 8 heteroatoms. The molecule has 2 aromatic carbocycles. The lowest BCUT2D eigenvalue weighted by atomic mass is 10.1. The van der Waals surface area contributed by atoms with Gasteiger partial charge in [-0.25, -0.2) is 4.98 Å². The minimum absolute atomic E-state index is 0.188. The number of nitrogens with zero attached hydrogens (tertiary/aromatic N) is 4. The molecule has 0 unspecified atom stereocenters. The van der Waals surface area contributed by atoms with Crippen LogP contribution in [-0.2, 0) is 0 Å². The predicted molar refractivity (Wildman–Crippen MR) is 142 cm³/mol. The standard InChI is InChI=1S/C28H28N6O2/c1-2-14-32-16-18-33(19-17-32)23-9-6-15-34-25(26(29)35)24(31-27(23)34)20-10-12-22(13-11-20)30-28(36)21-7-4-3-5-8-21/h2-13,15H,1,14,16-19H2,(H2,29,35)(H,30,36). The average molecular weight is 481 g/mol. The van der Waals surface area contributed by atoms with Gasteiger partial charge in [0.05, 0.1) is 5.69 Å². The average Bonchev–Trinajstić information content (AvgIpc) is 3.30. The molecular formula is C28H28N6O2. The second-order valence-electron chi connectivity index (χ2n) is 8.73. The van der Waals surface area contributed by atoms with E-state index in [0.29, 0.717) is 28.3 Å². The molecule has 3 N–H and O–H groups in total. The summed E-state index contributed by atoms with van der Waals surface area (Å²) in [6.07, 6.45) is 3.74. The first kappa shape index (κ1) is 23.3. The maximum atomic E-state index is 12.5. The smallest absolute Gasteiger partial charge is 0.268 e. The molecule has 3 heterocycles. The van der Waals surface area contributed by atoms with Crippen molar-refractivity contribution in [3.63, 3.8) is 0 Å². The summed E-state index contributed by atoms with van der Waals surface area (Å²) in [7, 11) is 0. The number of nitrogens with two attached hydrogens (primary N) is 1. The van der Waals surface area contributed by atoms with Gasteiger partial charge in [0.15, 0.2) is 5.65 Å². The lowest BCUT2D eigenvalue weighted by molar-refractivity contribution is 0.0993. The first-order valence-electron chi connectivity index (χ1n) is 11.9. The Labute approximate surface area is 209 Å². The van der Waals surface area contributed by atoms with Crippen LogP contribution in [0.15, 0.2) is 85.6 Å². The summed E-state index contributed by atoms with van der Waals surface area (Å²) in [5.74, 6) is -0.737. The summed E-state index contributed by atoms with van der Waals surface area (Å²) >= 11 is 0. The Morgan fingerprint density at radius 3 is 2.36 bits per heavy atom. The molecule has 0 atom stereocenters. The van der Waals surface area contributed by atoms with Gasteiger partial charge in [-0.05, 0) is 36.4 Å². The topological polar surface area (TPSA) is 96.0 Å². The van der Waals surface area contributed by atoms with E-state index in [1.807, 2.05) is 54.7 Å². The second-order valence-corrected chi connectivity index (χ2v) is 8.73. The molecule has 1 aliphatic heterocycles. The molecule has 0 spiro atoms. The largest absolute Gasteiger partial charge is 0.366 e. The highest BCUT2D eigenvalue weighted by atomic mass is 16.2. The Hall–Kier alpha value is -4.43. The number of hydrogen-bond acceptors (Lipinski definition) is 5. The van der Waals surface area contributed by atoms with Crippen molar-refractivity contribution in [2.24, 2.45) is 5.73 Å². The van der Waals surface area contributed by atoms with Gasteiger partial charge >= 0.3 is 0 Å².